The van der Waals surface area contributed by atoms with E-state index in [1.54, 1.807) is 17.7 Å². The first-order chi connectivity index (χ1) is 12.0. The van der Waals surface area contributed by atoms with Crippen molar-refractivity contribution in [1.29, 1.82) is 0 Å². The first-order valence-electron chi connectivity index (χ1n) is 7.08. The van der Waals surface area contributed by atoms with Gasteiger partial charge in [0, 0.05) is 23.2 Å². The molecule has 6 nitrogen and oxygen atoms in total. The van der Waals surface area contributed by atoms with Gasteiger partial charge in [0.05, 0.1) is 16.3 Å². The predicted molar refractivity (Wildman–Crippen MR) is 96.8 cm³/mol. The van der Waals surface area contributed by atoms with E-state index in [1.165, 1.54) is 29.5 Å². The number of nitrogens with zero attached hydrogens (tertiary/aromatic N) is 3. The maximum Gasteiger partial charge on any atom is 0.288 e. The lowest BCUT2D eigenvalue weighted by Crippen LogP contribution is -1.97. The molecule has 0 bridgehead atoms. The number of halogens is 1. The van der Waals surface area contributed by atoms with E-state index in [-0.39, 0.29) is 22.1 Å². The van der Waals surface area contributed by atoms with E-state index in [9.17, 15) is 14.9 Å². The summed E-state index contributed by atoms with van der Waals surface area (Å²) in [6, 6.07) is 9.49. The van der Waals surface area contributed by atoms with Crippen LogP contribution in [0.5, 0.6) is 0 Å². The van der Waals surface area contributed by atoms with Crippen LogP contribution in [0.15, 0.2) is 54.1 Å². The Hall–Kier alpha value is -2.90. The minimum atomic E-state index is -0.623. The summed E-state index contributed by atoms with van der Waals surface area (Å²) in [5, 5.41) is 13.4. The molecule has 0 N–H and O–H groups in total. The summed E-state index contributed by atoms with van der Waals surface area (Å²) < 4.78 is 0. The molecular weight excluding hydrogens is 362 g/mol. The Labute approximate surface area is 151 Å². The molecule has 0 spiro atoms. The van der Waals surface area contributed by atoms with Crippen LogP contribution in [-0.4, -0.2) is 20.7 Å². The highest BCUT2D eigenvalue weighted by molar-refractivity contribution is 7.13. The molecule has 0 fully saturated rings. The van der Waals surface area contributed by atoms with Gasteiger partial charge in [0.25, 0.3) is 5.69 Å². The first-order valence-corrected chi connectivity index (χ1v) is 8.33. The Kier molecular flexibility index (Phi) is 4.97. The molecule has 25 heavy (non-hydrogen) atoms. The summed E-state index contributed by atoms with van der Waals surface area (Å²) in [6.45, 7) is 0. The van der Waals surface area contributed by atoms with Crippen molar-refractivity contribution in [3.8, 4) is 10.7 Å². The van der Waals surface area contributed by atoms with Gasteiger partial charge in [-0.3, -0.25) is 19.9 Å². The van der Waals surface area contributed by atoms with Gasteiger partial charge in [-0.05, 0) is 36.4 Å². The smallest absolute Gasteiger partial charge is 0.288 e. The molecular formula is C17H10ClN3O3S. The molecule has 0 saturated carbocycles. The van der Waals surface area contributed by atoms with Gasteiger partial charge in [-0.1, -0.05) is 17.7 Å². The van der Waals surface area contributed by atoms with E-state index in [0.717, 1.165) is 16.8 Å². The minimum absolute atomic E-state index is 0.00923. The van der Waals surface area contributed by atoms with Crippen LogP contribution in [0, 0.1) is 10.1 Å². The van der Waals surface area contributed by atoms with E-state index in [1.807, 2.05) is 18.2 Å². The number of ketones is 1. The summed E-state index contributed by atoms with van der Waals surface area (Å²) >= 11 is 7.16. The highest BCUT2D eigenvalue weighted by Gasteiger charge is 2.15. The van der Waals surface area contributed by atoms with Crippen molar-refractivity contribution < 1.29 is 9.72 Å². The third-order valence-corrected chi connectivity index (χ3v) is 4.44. The van der Waals surface area contributed by atoms with Gasteiger partial charge in [-0.2, -0.15) is 0 Å². The standard InChI is InChI=1S/C17H10ClN3O3S/c18-13-6-4-11(9-15(13)21(23)24)16(22)7-5-12-10-25-17(20-12)14-3-1-2-8-19-14/h1-10H/b7-5+. The molecule has 0 aliphatic carbocycles. The maximum absolute atomic E-state index is 12.2. The van der Waals surface area contributed by atoms with Crippen molar-refractivity contribution in [3.63, 3.8) is 0 Å². The van der Waals surface area contributed by atoms with Crippen LogP contribution in [0.1, 0.15) is 16.1 Å². The van der Waals surface area contributed by atoms with Crippen molar-refractivity contribution in [1.82, 2.24) is 9.97 Å². The molecule has 3 aromatic rings. The maximum atomic E-state index is 12.2. The number of pyridine rings is 1. The van der Waals surface area contributed by atoms with Crippen LogP contribution in [0.4, 0.5) is 5.69 Å². The number of benzene rings is 1. The van der Waals surface area contributed by atoms with Crippen LogP contribution >= 0.6 is 22.9 Å². The number of hydrogen-bond donors (Lipinski definition) is 0. The average Bonchev–Trinajstić information content (AvgIpc) is 3.09. The average molecular weight is 372 g/mol. The molecule has 8 heteroatoms. The molecule has 2 heterocycles. The van der Waals surface area contributed by atoms with Crippen LogP contribution in [0.25, 0.3) is 16.8 Å². The second-order valence-electron chi connectivity index (χ2n) is 4.91. The van der Waals surface area contributed by atoms with Gasteiger partial charge in [-0.15, -0.1) is 11.3 Å². The number of thiazole rings is 1. The van der Waals surface area contributed by atoms with Crippen molar-refractivity contribution in [2.45, 2.75) is 0 Å². The SMILES string of the molecule is O=C(/C=C/c1csc(-c2ccccn2)n1)c1ccc(Cl)c([N+](=O)[O-])c1. The van der Waals surface area contributed by atoms with Gasteiger partial charge in [0.15, 0.2) is 5.78 Å². The number of allylic oxidation sites excluding steroid dienone is 1. The van der Waals surface area contributed by atoms with Crippen LogP contribution in [0.2, 0.25) is 5.02 Å². The number of hydrogen-bond acceptors (Lipinski definition) is 6. The molecule has 0 radical (unpaired) electrons. The zero-order valence-electron chi connectivity index (χ0n) is 12.6. The van der Waals surface area contributed by atoms with Crippen molar-refractivity contribution >= 4 is 40.5 Å². The zero-order chi connectivity index (χ0) is 17.8. The number of rotatable bonds is 5. The second-order valence-corrected chi connectivity index (χ2v) is 6.18. The van der Waals surface area contributed by atoms with E-state index >= 15 is 0 Å². The molecule has 0 aliphatic heterocycles. The van der Waals surface area contributed by atoms with E-state index in [2.05, 4.69) is 9.97 Å². The van der Waals surface area contributed by atoms with Crippen LogP contribution < -0.4 is 0 Å². The van der Waals surface area contributed by atoms with Crippen molar-refractivity contribution in [2.24, 2.45) is 0 Å². The summed E-state index contributed by atoms with van der Waals surface area (Å²) in [7, 11) is 0. The quantitative estimate of drug-likeness (QED) is 0.281. The monoisotopic (exact) mass is 371 g/mol. The van der Waals surface area contributed by atoms with Crippen molar-refractivity contribution in [3.05, 3.63) is 80.4 Å². The molecule has 1 aromatic carbocycles. The van der Waals surface area contributed by atoms with E-state index in [0.29, 0.717) is 5.69 Å². The Bertz CT molecular complexity index is 970. The Morgan fingerprint density at radius 3 is 2.84 bits per heavy atom. The van der Waals surface area contributed by atoms with Crippen LogP contribution in [0.3, 0.4) is 0 Å². The Morgan fingerprint density at radius 2 is 2.12 bits per heavy atom. The summed E-state index contributed by atoms with van der Waals surface area (Å²) in [4.78, 5) is 31.1. The Morgan fingerprint density at radius 1 is 1.28 bits per heavy atom. The molecule has 0 saturated heterocycles. The minimum Gasteiger partial charge on any atom is -0.289 e. The van der Waals surface area contributed by atoms with Gasteiger partial charge in [-0.25, -0.2) is 4.98 Å². The fourth-order valence-corrected chi connectivity index (χ4v) is 2.98. The molecule has 2 aromatic heterocycles. The molecule has 3 rings (SSSR count). The third-order valence-electron chi connectivity index (χ3n) is 3.24. The van der Waals surface area contributed by atoms with Gasteiger partial charge < -0.3 is 0 Å². The van der Waals surface area contributed by atoms with Gasteiger partial charge >= 0.3 is 0 Å². The highest BCUT2D eigenvalue weighted by atomic mass is 35.5. The summed E-state index contributed by atoms with van der Waals surface area (Å²) in [5.41, 5.74) is 1.26. The van der Waals surface area contributed by atoms with Gasteiger partial charge in [0.1, 0.15) is 10.0 Å². The predicted octanol–water partition coefficient (Wildman–Crippen LogP) is 4.66. The fourth-order valence-electron chi connectivity index (χ4n) is 2.03. The zero-order valence-corrected chi connectivity index (χ0v) is 14.2. The number of nitro groups is 1. The normalized spacial score (nSPS) is 10.9. The molecule has 124 valence electrons. The van der Waals surface area contributed by atoms with Crippen LogP contribution in [-0.2, 0) is 0 Å². The summed E-state index contributed by atoms with van der Waals surface area (Å²) in [6.07, 6.45) is 4.57. The van der Waals surface area contributed by atoms with E-state index in [4.69, 9.17) is 11.6 Å². The molecule has 0 amide bonds. The molecule has 0 unspecified atom stereocenters. The fraction of sp³-hybridized carbons (Fsp3) is 0. The topological polar surface area (TPSA) is 86.0 Å². The number of carbonyl (C=O) groups is 1. The first kappa shape index (κ1) is 16.9. The number of carbonyl (C=O) groups excluding carboxylic acids is 1. The lowest BCUT2D eigenvalue weighted by atomic mass is 10.1. The molecule has 0 atom stereocenters. The molecule has 0 aliphatic rings. The lowest BCUT2D eigenvalue weighted by Gasteiger charge is -1.98. The third kappa shape index (κ3) is 3.96. The number of nitro benzene ring substituents is 1. The Balaban J connectivity index is 1.79. The largest absolute Gasteiger partial charge is 0.289 e. The van der Waals surface area contributed by atoms with Gasteiger partial charge in [0.2, 0.25) is 0 Å². The summed E-state index contributed by atoms with van der Waals surface area (Å²) in [5.74, 6) is -0.368. The highest BCUT2D eigenvalue weighted by Crippen LogP contribution is 2.26. The van der Waals surface area contributed by atoms with E-state index < -0.39 is 4.92 Å². The van der Waals surface area contributed by atoms with Crippen molar-refractivity contribution in [2.75, 3.05) is 0 Å². The second kappa shape index (κ2) is 7.33. The lowest BCUT2D eigenvalue weighted by molar-refractivity contribution is -0.384. The number of aromatic nitrogens is 2.